The first-order valence-corrected chi connectivity index (χ1v) is 8.71. The van der Waals surface area contributed by atoms with Crippen LogP contribution in [-0.2, 0) is 9.59 Å². The first-order valence-electron chi connectivity index (χ1n) is 8.71. The number of unbranched alkanes of at least 4 members (excludes halogenated alkanes) is 3. The third kappa shape index (κ3) is 4.94. The maximum absolute atomic E-state index is 12.2. The van der Waals surface area contributed by atoms with Gasteiger partial charge in [0.05, 0.1) is 6.10 Å². The van der Waals surface area contributed by atoms with Gasteiger partial charge in [-0.2, -0.15) is 0 Å². The molecule has 0 saturated heterocycles. The van der Waals surface area contributed by atoms with Crippen molar-refractivity contribution in [3.8, 4) is 0 Å². The summed E-state index contributed by atoms with van der Waals surface area (Å²) in [6.07, 6.45) is 11.0. The van der Waals surface area contributed by atoms with Crippen molar-refractivity contribution in [2.24, 2.45) is 11.8 Å². The molecule has 0 radical (unpaired) electrons. The van der Waals surface area contributed by atoms with Crippen molar-refractivity contribution in [2.75, 3.05) is 0 Å². The van der Waals surface area contributed by atoms with Gasteiger partial charge in [0.1, 0.15) is 5.78 Å². The van der Waals surface area contributed by atoms with Crippen molar-refractivity contribution < 1.29 is 19.8 Å². The van der Waals surface area contributed by atoms with Crippen LogP contribution < -0.4 is 0 Å². The standard InChI is InChI=1S/C18H28O4/c19-14-7-5-6-13(12-14)15-10-11-17(20)16(15)8-3-1-2-4-9-18(21)22/h12,14-16,19H,1-11H2,(H,21,22)/t14?,15-,16-/m1/s1. The number of allylic oxidation sites excluding steroid dienone is 1. The lowest BCUT2D eigenvalue weighted by Crippen LogP contribution is -2.20. The largest absolute Gasteiger partial charge is 0.481 e. The Labute approximate surface area is 132 Å². The Balaban J connectivity index is 1.77. The van der Waals surface area contributed by atoms with Gasteiger partial charge in [0, 0.05) is 18.8 Å². The first kappa shape index (κ1) is 17.2. The average Bonchev–Trinajstić information content (AvgIpc) is 2.83. The number of aliphatic hydroxyl groups excluding tert-OH is 1. The van der Waals surface area contributed by atoms with Crippen LogP contribution in [0.15, 0.2) is 11.6 Å². The minimum atomic E-state index is -0.728. The highest BCUT2D eigenvalue weighted by molar-refractivity contribution is 5.84. The van der Waals surface area contributed by atoms with Gasteiger partial charge in [0.25, 0.3) is 0 Å². The summed E-state index contributed by atoms with van der Waals surface area (Å²) in [7, 11) is 0. The molecule has 124 valence electrons. The minimum Gasteiger partial charge on any atom is -0.481 e. The average molecular weight is 308 g/mol. The van der Waals surface area contributed by atoms with Gasteiger partial charge in [-0.25, -0.2) is 0 Å². The molecule has 1 saturated carbocycles. The van der Waals surface area contributed by atoms with Crippen LogP contribution in [0.4, 0.5) is 0 Å². The van der Waals surface area contributed by atoms with Crippen molar-refractivity contribution in [3.05, 3.63) is 11.6 Å². The molecule has 2 aliphatic rings. The highest BCUT2D eigenvalue weighted by Crippen LogP contribution is 2.40. The zero-order chi connectivity index (χ0) is 15.9. The van der Waals surface area contributed by atoms with Crippen molar-refractivity contribution >= 4 is 11.8 Å². The first-order chi connectivity index (χ1) is 10.6. The fraction of sp³-hybridized carbons (Fsp3) is 0.778. The van der Waals surface area contributed by atoms with E-state index in [1.165, 1.54) is 5.57 Å². The molecule has 4 heteroatoms. The Hall–Kier alpha value is -1.16. The molecule has 2 aliphatic carbocycles. The van der Waals surface area contributed by atoms with Gasteiger partial charge < -0.3 is 10.2 Å². The lowest BCUT2D eigenvalue weighted by atomic mass is 9.80. The summed E-state index contributed by atoms with van der Waals surface area (Å²) in [5.74, 6) is 0.142. The van der Waals surface area contributed by atoms with Crippen molar-refractivity contribution in [1.29, 1.82) is 0 Å². The fourth-order valence-corrected chi connectivity index (χ4v) is 3.95. The Morgan fingerprint density at radius 1 is 1.14 bits per heavy atom. The summed E-state index contributed by atoms with van der Waals surface area (Å²) in [5, 5.41) is 18.4. The minimum absolute atomic E-state index is 0.135. The number of carboxylic acids is 1. The highest BCUT2D eigenvalue weighted by Gasteiger charge is 2.36. The molecule has 0 aromatic heterocycles. The number of carboxylic acid groups (broad SMARTS) is 1. The zero-order valence-electron chi connectivity index (χ0n) is 13.3. The topological polar surface area (TPSA) is 74.6 Å². The van der Waals surface area contributed by atoms with Crippen molar-refractivity contribution in [1.82, 2.24) is 0 Å². The van der Waals surface area contributed by atoms with Crippen molar-refractivity contribution in [2.45, 2.75) is 76.7 Å². The quantitative estimate of drug-likeness (QED) is 0.532. The van der Waals surface area contributed by atoms with E-state index in [1.54, 1.807) is 0 Å². The second-order valence-electron chi connectivity index (χ2n) is 6.77. The molecule has 2 rings (SSSR count). The maximum atomic E-state index is 12.2. The molecule has 22 heavy (non-hydrogen) atoms. The second kappa shape index (κ2) is 8.47. The molecule has 4 nitrogen and oxygen atoms in total. The molecule has 0 bridgehead atoms. The third-order valence-electron chi connectivity index (χ3n) is 5.10. The number of hydrogen-bond acceptors (Lipinski definition) is 3. The van der Waals surface area contributed by atoms with Crippen molar-refractivity contribution in [3.63, 3.8) is 0 Å². The summed E-state index contributed by atoms with van der Waals surface area (Å²) >= 11 is 0. The Morgan fingerprint density at radius 3 is 2.64 bits per heavy atom. The number of carbonyl (C=O) groups excluding carboxylic acids is 1. The van der Waals surface area contributed by atoms with E-state index < -0.39 is 5.97 Å². The van der Waals surface area contributed by atoms with Crippen LogP contribution in [0, 0.1) is 11.8 Å². The predicted molar refractivity (Wildman–Crippen MR) is 84.5 cm³/mol. The number of hydrogen-bond donors (Lipinski definition) is 2. The van der Waals surface area contributed by atoms with Gasteiger partial charge in [-0.05, 0) is 44.4 Å². The maximum Gasteiger partial charge on any atom is 0.303 e. The molecule has 3 atom stereocenters. The van der Waals surface area contributed by atoms with E-state index in [0.29, 0.717) is 18.1 Å². The third-order valence-corrected chi connectivity index (χ3v) is 5.10. The van der Waals surface area contributed by atoms with Crippen LogP contribution in [0.1, 0.15) is 70.6 Å². The van der Waals surface area contributed by atoms with E-state index >= 15 is 0 Å². The van der Waals surface area contributed by atoms with Gasteiger partial charge in [0.2, 0.25) is 0 Å². The Morgan fingerprint density at radius 2 is 1.91 bits per heavy atom. The number of rotatable bonds is 8. The van der Waals surface area contributed by atoms with Crippen LogP contribution in [0.25, 0.3) is 0 Å². The molecular weight excluding hydrogens is 280 g/mol. The molecule has 0 aromatic carbocycles. The van der Waals surface area contributed by atoms with Gasteiger partial charge in [-0.15, -0.1) is 0 Å². The Kier molecular flexibility index (Phi) is 6.62. The molecule has 0 aromatic rings. The van der Waals surface area contributed by atoms with E-state index in [9.17, 15) is 14.7 Å². The summed E-state index contributed by atoms with van der Waals surface area (Å²) in [6.45, 7) is 0. The van der Waals surface area contributed by atoms with Gasteiger partial charge in [-0.3, -0.25) is 9.59 Å². The fourth-order valence-electron chi connectivity index (χ4n) is 3.95. The lowest BCUT2D eigenvalue weighted by molar-refractivity contribution is -0.137. The number of aliphatic carboxylic acids is 1. The number of Topliss-reactive ketones (excluding diaryl/α,β-unsaturated/α-hetero) is 1. The molecule has 0 amide bonds. The summed E-state index contributed by atoms with van der Waals surface area (Å²) < 4.78 is 0. The van der Waals surface area contributed by atoms with Crippen LogP contribution >= 0.6 is 0 Å². The smallest absolute Gasteiger partial charge is 0.303 e. The van der Waals surface area contributed by atoms with E-state index in [2.05, 4.69) is 0 Å². The summed E-state index contributed by atoms with van der Waals surface area (Å²) in [4.78, 5) is 22.6. The predicted octanol–water partition coefficient (Wildman–Crippen LogP) is 3.48. The summed E-state index contributed by atoms with van der Waals surface area (Å²) in [5.41, 5.74) is 1.31. The molecule has 2 N–H and O–H groups in total. The normalized spacial score (nSPS) is 28.7. The van der Waals surface area contributed by atoms with E-state index in [4.69, 9.17) is 5.11 Å². The van der Waals surface area contributed by atoms with Crippen LogP contribution in [0.3, 0.4) is 0 Å². The molecule has 0 aliphatic heterocycles. The number of carbonyl (C=O) groups is 2. The molecule has 1 fully saturated rings. The molecule has 1 unspecified atom stereocenters. The van der Waals surface area contributed by atoms with E-state index in [0.717, 1.165) is 57.8 Å². The number of ketones is 1. The lowest BCUT2D eigenvalue weighted by Gasteiger charge is -2.26. The van der Waals surface area contributed by atoms with Gasteiger partial charge in [-0.1, -0.05) is 30.9 Å². The second-order valence-corrected chi connectivity index (χ2v) is 6.77. The molecule has 0 spiro atoms. The van der Waals surface area contributed by atoms with Gasteiger partial charge in [0.15, 0.2) is 0 Å². The van der Waals surface area contributed by atoms with Crippen LogP contribution in [0.5, 0.6) is 0 Å². The Bertz CT molecular complexity index is 427. The van der Waals surface area contributed by atoms with Crippen LogP contribution in [-0.4, -0.2) is 28.1 Å². The zero-order valence-corrected chi connectivity index (χ0v) is 13.3. The van der Waals surface area contributed by atoms with E-state index in [1.807, 2.05) is 6.08 Å². The molecular formula is C18H28O4. The van der Waals surface area contributed by atoms with E-state index in [-0.39, 0.29) is 18.4 Å². The monoisotopic (exact) mass is 308 g/mol. The highest BCUT2D eigenvalue weighted by atomic mass is 16.4. The SMILES string of the molecule is O=C(O)CCCCCC[C@H]1C(=O)CC[C@@H]1C1=CC(O)CCC1. The van der Waals surface area contributed by atoms with Gasteiger partial charge >= 0.3 is 5.97 Å². The number of aliphatic hydroxyl groups is 1. The molecule has 0 heterocycles. The van der Waals surface area contributed by atoms with Crippen LogP contribution in [0.2, 0.25) is 0 Å². The summed E-state index contributed by atoms with van der Waals surface area (Å²) in [6, 6.07) is 0.